The maximum Gasteiger partial charge on any atom is 0.294 e. The van der Waals surface area contributed by atoms with Gasteiger partial charge >= 0.3 is 0 Å². The Morgan fingerprint density at radius 2 is 1.84 bits per heavy atom. The molecule has 0 spiro atoms. The molecule has 0 saturated carbocycles. The molecule has 31 heavy (non-hydrogen) atoms. The minimum Gasteiger partial charge on any atom is -0.441 e. The monoisotopic (exact) mass is 459 g/mol. The van der Waals surface area contributed by atoms with Gasteiger partial charge in [0.05, 0.1) is 15.6 Å². The molecule has 0 unspecified atom stereocenters. The zero-order valence-corrected chi connectivity index (χ0v) is 18.4. The Balaban J connectivity index is 1.41. The number of thioether (sulfide) groups is 1. The fourth-order valence-corrected chi connectivity index (χ4v) is 4.54. The number of anilines is 2. The number of hydrogen-bond donors (Lipinski definition) is 1. The number of carbonyl (C=O) groups is 3. The first-order valence-electron chi connectivity index (χ1n) is 10.2. The van der Waals surface area contributed by atoms with E-state index in [1.165, 1.54) is 12.8 Å². The van der Waals surface area contributed by atoms with Crippen molar-refractivity contribution in [2.24, 2.45) is 0 Å². The van der Waals surface area contributed by atoms with E-state index < -0.39 is 17.1 Å². The Hall–Kier alpha value is -2.71. The number of nitrogens with one attached hydrogen (secondary N) is 1. The second-order valence-corrected chi connectivity index (χ2v) is 8.77. The van der Waals surface area contributed by atoms with Gasteiger partial charge in [0.15, 0.2) is 5.88 Å². The molecular weight excluding hydrogens is 438 g/mol. The van der Waals surface area contributed by atoms with E-state index in [1.54, 1.807) is 36.4 Å². The summed E-state index contributed by atoms with van der Waals surface area (Å²) in [4.78, 5) is 40.7. The van der Waals surface area contributed by atoms with Crippen molar-refractivity contribution in [1.82, 2.24) is 4.90 Å². The second kappa shape index (κ2) is 9.62. The van der Waals surface area contributed by atoms with Gasteiger partial charge in [0, 0.05) is 25.2 Å². The molecule has 2 aromatic rings. The maximum absolute atomic E-state index is 12.7. The average molecular weight is 460 g/mol. The van der Waals surface area contributed by atoms with Gasteiger partial charge in [-0.3, -0.25) is 19.3 Å². The highest BCUT2D eigenvalue weighted by atomic mass is 35.5. The Kier molecular flexibility index (Phi) is 6.67. The van der Waals surface area contributed by atoms with Crippen LogP contribution in [0.25, 0.3) is 6.08 Å². The molecule has 0 radical (unpaired) electrons. The predicted molar refractivity (Wildman–Crippen MR) is 122 cm³/mol. The summed E-state index contributed by atoms with van der Waals surface area (Å²) in [5, 5.41) is 2.50. The summed E-state index contributed by atoms with van der Waals surface area (Å²) < 4.78 is 5.89. The molecule has 3 amide bonds. The SMILES string of the molecule is O=C(CN1C(=O)S/C(=C/c2ccc(N3CCCCCC3)o2)C1=O)Nc1ccccc1Cl. The lowest BCUT2D eigenvalue weighted by Crippen LogP contribution is -2.36. The van der Waals surface area contributed by atoms with Crippen molar-refractivity contribution >= 4 is 58.1 Å². The van der Waals surface area contributed by atoms with E-state index in [0.717, 1.165) is 48.5 Å². The Labute approximate surface area is 189 Å². The summed E-state index contributed by atoms with van der Waals surface area (Å²) in [7, 11) is 0. The number of para-hydroxylation sites is 1. The molecule has 162 valence electrons. The molecule has 2 aliphatic heterocycles. The Morgan fingerprint density at radius 3 is 2.58 bits per heavy atom. The zero-order chi connectivity index (χ0) is 21.8. The van der Waals surface area contributed by atoms with Gasteiger partial charge in [-0.25, -0.2) is 0 Å². The van der Waals surface area contributed by atoms with Crippen molar-refractivity contribution in [3.05, 3.63) is 52.1 Å². The maximum atomic E-state index is 12.7. The van der Waals surface area contributed by atoms with Crippen LogP contribution in [0.15, 0.2) is 45.7 Å². The van der Waals surface area contributed by atoms with E-state index in [-0.39, 0.29) is 11.4 Å². The topological polar surface area (TPSA) is 82.9 Å². The van der Waals surface area contributed by atoms with Gasteiger partial charge in [-0.1, -0.05) is 36.6 Å². The highest BCUT2D eigenvalue weighted by Gasteiger charge is 2.36. The highest BCUT2D eigenvalue weighted by molar-refractivity contribution is 8.18. The van der Waals surface area contributed by atoms with Gasteiger partial charge in [0.2, 0.25) is 5.91 Å². The number of halogens is 1. The van der Waals surface area contributed by atoms with Crippen molar-refractivity contribution in [2.75, 3.05) is 29.9 Å². The minimum atomic E-state index is -0.517. The molecule has 0 bridgehead atoms. The summed E-state index contributed by atoms with van der Waals surface area (Å²) in [6.45, 7) is 1.51. The van der Waals surface area contributed by atoms with Gasteiger partial charge in [0.25, 0.3) is 11.1 Å². The van der Waals surface area contributed by atoms with Crippen molar-refractivity contribution in [3.63, 3.8) is 0 Å². The minimum absolute atomic E-state index is 0.229. The fourth-order valence-electron chi connectivity index (χ4n) is 3.54. The number of benzene rings is 1. The van der Waals surface area contributed by atoms with Gasteiger partial charge in [-0.2, -0.15) is 0 Å². The van der Waals surface area contributed by atoms with Crippen LogP contribution in [-0.2, 0) is 9.59 Å². The van der Waals surface area contributed by atoms with Crippen molar-refractivity contribution in [3.8, 4) is 0 Å². The van der Waals surface area contributed by atoms with E-state index in [4.69, 9.17) is 16.0 Å². The molecule has 2 aliphatic rings. The van der Waals surface area contributed by atoms with E-state index in [1.807, 2.05) is 6.07 Å². The molecule has 0 aliphatic carbocycles. The quantitative estimate of drug-likeness (QED) is 0.634. The number of imide groups is 1. The molecule has 0 atom stereocenters. The first kappa shape index (κ1) is 21.5. The average Bonchev–Trinajstić information content (AvgIpc) is 3.18. The standard InChI is InChI=1S/C22H22ClN3O4S/c23-16-7-3-4-8-17(16)24-19(27)14-26-21(28)18(31-22(26)29)13-15-9-10-20(30-15)25-11-5-1-2-6-12-25/h3-4,7-10,13H,1-2,5-6,11-12,14H2,(H,24,27)/b18-13+. The van der Waals surface area contributed by atoms with Crippen molar-refractivity contribution < 1.29 is 18.8 Å². The summed E-state index contributed by atoms with van der Waals surface area (Å²) >= 11 is 6.83. The predicted octanol–water partition coefficient (Wildman–Crippen LogP) is 4.99. The first-order valence-corrected chi connectivity index (χ1v) is 11.4. The van der Waals surface area contributed by atoms with Crippen LogP contribution in [0.3, 0.4) is 0 Å². The lowest BCUT2D eigenvalue weighted by atomic mass is 10.2. The van der Waals surface area contributed by atoms with Crippen LogP contribution in [0, 0.1) is 0 Å². The third-order valence-corrected chi connectivity index (χ3v) is 6.36. The van der Waals surface area contributed by atoms with Gasteiger partial charge in [-0.15, -0.1) is 0 Å². The Bertz CT molecular complexity index is 1030. The van der Waals surface area contributed by atoms with Crippen LogP contribution in [0.4, 0.5) is 16.4 Å². The van der Waals surface area contributed by atoms with Crippen LogP contribution in [0.2, 0.25) is 5.02 Å². The van der Waals surface area contributed by atoms with Crippen LogP contribution in [0.1, 0.15) is 31.4 Å². The van der Waals surface area contributed by atoms with Crippen LogP contribution < -0.4 is 10.2 Å². The zero-order valence-electron chi connectivity index (χ0n) is 16.8. The number of furan rings is 1. The van der Waals surface area contributed by atoms with Gasteiger partial charge in [-0.05, 0) is 42.8 Å². The molecular formula is C22H22ClN3O4S. The van der Waals surface area contributed by atoms with Gasteiger partial charge < -0.3 is 14.6 Å². The van der Waals surface area contributed by atoms with E-state index in [9.17, 15) is 14.4 Å². The van der Waals surface area contributed by atoms with Gasteiger partial charge in [0.1, 0.15) is 12.3 Å². The normalized spacial score (nSPS) is 18.5. The molecule has 3 heterocycles. The van der Waals surface area contributed by atoms with Crippen LogP contribution in [0.5, 0.6) is 0 Å². The number of hydrogen-bond acceptors (Lipinski definition) is 6. The smallest absolute Gasteiger partial charge is 0.294 e. The van der Waals surface area contributed by atoms with Crippen molar-refractivity contribution in [2.45, 2.75) is 25.7 Å². The number of amides is 3. The molecule has 2 fully saturated rings. The largest absolute Gasteiger partial charge is 0.441 e. The third kappa shape index (κ3) is 5.14. The molecule has 1 N–H and O–H groups in total. The fraction of sp³-hybridized carbons (Fsp3) is 0.318. The van der Waals surface area contributed by atoms with E-state index in [0.29, 0.717) is 16.5 Å². The summed E-state index contributed by atoms with van der Waals surface area (Å²) in [6.07, 6.45) is 6.26. The third-order valence-electron chi connectivity index (χ3n) is 5.13. The molecule has 2 saturated heterocycles. The van der Waals surface area contributed by atoms with Crippen molar-refractivity contribution in [1.29, 1.82) is 0 Å². The lowest BCUT2D eigenvalue weighted by molar-refractivity contribution is -0.127. The highest BCUT2D eigenvalue weighted by Crippen LogP contribution is 2.33. The lowest BCUT2D eigenvalue weighted by Gasteiger charge is -2.18. The van der Waals surface area contributed by atoms with Crippen LogP contribution in [-0.4, -0.2) is 41.6 Å². The van der Waals surface area contributed by atoms with Crippen LogP contribution >= 0.6 is 23.4 Å². The summed E-state index contributed by atoms with van der Waals surface area (Å²) in [5.74, 6) is 0.256. The molecule has 4 rings (SSSR count). The van der Waals surface area contributed by atoms with E-state index in [2.05, 4.69) is 10.2 Å². The van der Waals surface area contributed by atoms with E-state index >= 15 is 0 Å². The Morgan fingerprint density at radius 1 is 1.10 bits per heavy atom. The number of rotatable bonds is 5. The summed E-state index contributed by atoms with van der Waals surface area (Å²) in [5.41, 5.74) is 0.424. The molecule has 9 heteroatoms. The molecule has 1 aromatic heterocycles. The number of carbonyl (C=O) groups excluding carboxylic acids is 3. The molecule has 7 nitrogen and oxygen atoms in total. The number of nitrogens with zero attached hydrogens (tertiary/aromatic N) is 2. The molecule has 1 aromatic carbocycles. The first-order chi connectivity index (χ1) is 15.0. The second-order valence-electron chi connectivity index (χ2n) is 7.37. The summed E-state index contributed by atoms with van der Waals surface area (Å²) in [6, 6.07) is 10.4.